The van der Waals surface area contributed by atoms with Gasteiger partial charge < -0.3 is 5.32 Å². The van der Waals surface area contributed by atoms with Crippen molar-refractivity contribution in [3.8, 4) is 0 Å². The zero-order valence-corrected chi connectivity index (χ0v) is 15.0. The van der Waals surface area contributed by atoms with Crippen LogP contribution in [0.2, 0.25) is 0 Å². The maximum absolute atomic E-state index is 12.1. The molecular formula is C16H26N2O3S. The molecule has 6 heteroatoms. The average Bonchev–Trinajstić information content (AvgIpc) is 2.33. The number of rotatable bonds is 6. The fraction of sp³-hybridized carbons (Fsp3) is 0.562. The van der Waals surface area contributed by atoms with Crippen LogP contribution in [-0.2, 0) is 14.8 Å². The molecule has 0 aliphatic heterocycles. The van der Waals surface area contributed by atoms with Crippen molar-refractivity contribution in [3.05, 3.63) is 29.3 Å². The monoisotopic (exact) mass is 326 g/mol. The molecule has 0 heterocycles. The van der Waals surface area contributed by atoms with E-state index >= 15 is 0 Å². The first-order valence-electron chi connectivity index (χ1n) is 7.36. The molecule has 0 fully saturated rings. The summed E-state index contributed by atoms with van der Waals surface area (Å²) in [6, 6.07) is 5.50. The molecular weight excluding hydrogens is 300 g/mol. The molecule has 0 radical (unpaired) electrons. The normalized spacial score (nSPS) is 13.0. The molecule has 0 spiro atoms. The number of anilines is 1. The fourth-order valence-corrected chi connectivity index (χ4v) is 2.93. The summed E-state index contributed by atoms with van der Waals surface area (Å²) < 4.78 is 25.3. The summed E-state index contributed by atoms with van der Waals surface area (Å²) in [5.74, 6) is -0.0115. The van der Waals surface area contributed by atoms with Crippen LogP contribution in [0.4, 0.5) is 5.69 Å². The van der Waals surface area contributed by atoms with Crippen molar-refractivity contribution in [2.45, 2.75) is 40.7 Å². The second-order valence-electron chi connectivity index (χ2n) is 6.22. The number of amides is 1. The third kappa shape index (κ3) is 5.33. The smallest absolute Gasteiger partial charge is 0.240 e. The van der Waals surface area contributed by atoms with Crippen LogP contribution in [0.15, 0.2) is 18.2 Å². The van der Waals surface area contributed by atoms with Gasteiger partial charge in [-0.2, -0.15) is 0 Å². The van der Waals surface area contributed by atoms with Gasteiger partial charge in [-0.05, 0) is 49.9 Å². The summed E-state index contributed by atoms with van der Waals surface area (Å²) >= 11 is 0. The number of sulfonamides is 1. The van der Waals surface area contributed by atoms with Gasteiger partial charge in [-0.15, -0.1) is 0 Å². The second-order valence-corrected chi connectivity index (χ2v) is 8.12. The first-order valence-corrected chi connectivity index (χ1v) is 9.21. The summed E-state index contributed by atoms with van der Waals surface area (Å²) in [6.07, 6.45) is 1.11. The second kappa shape index (κ2) is 7.13. The summed E-state index contributed by atoms with van der Waals surface area (Å²) in [7, 11) is -3.53. The van der Waals surface area contributed by atoms with E-state index in [0.29, 0.717) is 5.69 Å². The highest BCUT2D eigenvalue weighted by Gasteiger charge is 2.22. The minimum Gasteiger partial charge on any atom is -0.352 e. The molecule has 1 amide bonds. The average molecular weight is 326 g/mol. The first-order chi connectivity index (χ1) is 10.0. The highest BCUT2D eigenvalue weighted by atomic mass is 32.2. The van der Waals surface area contributed by atoms with Crippen molar-refractivity contribution in [1.29, 1.82) is 0 Å². The molecule has 124 valence electrons. The first kappa shape index (κ1) is 18.5. The lowest BCUT2D eigenvalue weighted by Gasteiger charge is -2.24. The van der Waals surface area contributed by atoms with E-state index in [1.165, 1.54) is 0 Å². The van der Waals surface area contributed by atoms with E-state index in [2.05, 4.69) is 5.32 Å². The maximum atomic E-state index is 12.1. The van der Waals surface area contributed by atoms with Gasteiger partial charge in [0.1, 0.15) is 6.54 Å². The lowest BCUT2D eigenvalue weighted by atomic mass is 10.1. The van der Waals surface area contributed by atoms with Gasteiger partial charge in [0.15, 0.2) is 0 Å². The van der Waals surface area contributed by atoms with Crippen LogP contribution < -0.4 is 9.62 Å². The van der Waals surface area contributed by atoms with E-state index in [1.807, 2.05) is 40.7 Å². The lowest BCUT2D eigenvalue weighted by Crippen LogP contribution is -2.44. The molecule has 1 aromatic carbocycles. The zero-order chi connectivity index (χ0) is 17.1. The summed E-state index contributed by atoms with van der Waals surface area (Å²) in [6.45, 7) is 9.51. The van der Waals surface area contributed by atoms with Crippen LogP contribution >= 0.6 is 0 Å². The van der Waals surface area contributed by atoms with E-state index in [-0.39, 0.29) is 24.4 Å². The third-order valence-corrected chi connectivity index (χ3v) is 4.71. The topological polar surface area (TPSA) is 66.5 Å². The predicted molar refractivity (Wildman–Crippen MR) is 90.5 cm³/mol. The van der Waals surface area contributed by atoms with Crippen molar-refractivity contribution in [2.75, 3.05) is 17.1 Å². The Morgan fingerprint density at radius 1 is 1.14 bits per heavy atom. The Bertz CT molecular complexity index is 619. The fourth-order valence-electron chi connectivity index (χ4n) is 2.09. The van der Waals surface area contributed by atoms with Crippen LogP contribution in [0.3, 0.4) is 0 Å². The Labute approximate surface area is 133 Å². The van der Waals surface area contributed by atoms with E-state index in [9.17, 15) is 13.2 Å². The number of benzene rings is 1. The molecule has 0 saturated carbocycles. The molecule has 0 aromatic heterocycles. The van der Waals surface area contributed by atoms with E-state index in [0.717, 1.165) is 21.7 Å². The largest absolute Gasteiger partial charge is 0.352 e. The van der Waals surface area contributed by atoms with Gasteiger partial charge in [0.25, 0.3) is 0 Å². The van der Waals surface area contributed by atoms with Crippen molar-refractivity contribution in [3.63, 3.8) is 0 Å². The molecule has 1 atom stereocenters. The number of carbonyl (C=O) groups excluding carboxylic acids is 1. The number of nitrogens with zero attached hydrogens (tertiary/aromatic N) is 1. The van der Waals surface area contributed by atoms with Gasteiger partial charge in [0.05, 0.1) is 11.9 Å². The number of nitrogens with one attached hydrogen (secondary N) is 1. The van der Waals surface area contributed by atoms with Crippen LogP contribution in [0.1, 0.15) is 31.9 Å². The van der Waals surface area contributed by atoms with Gasteiger partial charge in [0.2, 0.25) is 15.9 Å². The summed E-state index contributed by atoms with van der Waals surface area (Å²) in [4.78, 5) is 12.1. The highest BCUT2D eigenvalue weighted by Crippen LogP contribution is 2.21. The number of aryl methyl sites for hydroxylation is 2. The van der Waals surface area contributed by atoms with E-state index in [4.69, 9.17) is 0 Å². The van der Waals surface area contributed by atoms with Gasteiger partial charge >= 0.3 is 0 Å². The number of carbonyl (C=O) groups is 1. The minimum absolute atomic E-state index is 0.00634. The Balaban J connectivity index is 3.03. The third-order valence-electron chi connectivity index (χ3n) is 3.57. The molecule has 0 aliphatic rings. The summed E-state index contributed by atoms with van der Waals surface area (Å²) in [5, 5.41) is 2.84. The van der Waals surface area contributed by atoms with Gasteiger partial charge in [0, 0.05) is 6.04 Å². The zero-order valence-electron chi connectivity index (χ0n) is 14.2. The number of hydrogen-bond acceptors (Lipinski definition) is 3. The molecule has 0 bridgehead atoms. The molecule has 0 aliphatic carbocycles. The van der Waals surface area contributed by atoms with Gasteiger partial charge in [-0.1, -0.05) is 19.9 Å². The molecule has 1 aromatic rings. The standard InChI is InChI=1S/C16H26N2O3S/c1-11(2)14(5)17-16(19)10-18(22(6,20)21)15-8-12(3)7-13(4)9-15/h7-9,11,14H,10H2,1-6H3,(H,17,19)/t14-/m1/s1. The quantitative estimate of drug-likeness (QED) is 0.872. The molecule has 0 unspecified atom stereocenters. The Kier molecular flexibility index (Phi) is 6.00. The molecule has 1 rings (SSSR count). The maximum Gasteiger partial charge on any atom is 0.240 e. The minimum atomic E-state index is -3.53. The van der Waals surface area contributed by atoms with Crippen molar-refractivity contribution in [2.24, 2.45) is 5.92 Å². The van der Waals surface area contributed by atoms with Crippen molar-refractivity contribution >= 4 is 21.6 Å². The predicted octanol–water partition coefficient (Wildman–Crippen LogP) is 2.23. The number of hydrogen-bond donors (Lipinski definition) is 1. The molecule has 1 N–H and O–H groups in total. The van der Waals surface area contributed by atoms with Crippen LogP contribution in [0, 0.1) is 19.8 Å². The highest BCUT2D eigenvalue weighted by molar-refractivity contribution is 7.92. The lowest BCUT2D eigenvalue weighted by molar-refractivity contribution is -0.120. The Morgan fingerprint density at radius 2 is 1.64 bits per heavy atom. The summed E-state index contributed by atoms with van der Waals surface area (Å²) in [5.41, 5.74) is 2.44. The van der Waals surface area contributed by atoms with E-state index < -0.39 is 10.0 Å². The van der Waals surface area contributed by atoms with E-state index in [1.54, 1.807) is 12.1 Å². The Morgan fingerprint density at radius 3 is 2.05 bits per heavy atom. The van der Waals surface area contributed by atoms with Crippen LogP contribution in [0.5, 0.6) is 0 Å². The van der Waals surface area contributed by atoms with Gasteiger partial charge in [-0.3, -0.25) is 9.10 Å². The van der Waals surface area contributed by atoms with Crippen molar-refractivity contribution < 1.29 is 13.2 Å². The SMILES string of the molecule is Cc1cc(C)cc(N(CC(=O)N[C@H](C)C(C)C)S(C)(=O)=O)c1. The Hall–Kier alpha value is -1.56. The molecule has 5 nitrogen and oxygen atoms in total. The van der Waals surface area contributed by atoms with Crippen molar-refractivity contribution in [1.82, 2.24) is 5.32 Å². The van der Waals surface area contributed by atoms with Crippen LogP contribution in [0.25, 0.3) is 0 Å². The molecule has 22 heavy (non-hydrogen) atoms. The van der Waals surface area contributed by atoms with Crippen LogP contribution in [-0.4, -0.2) is 33.2 Å². The van der Waals surface area contributed by atoms with Gasteiger partial charge in [-0.25, -0.2) is 8.42 Å². The molecule has 0 saturated heterocycles.